The summed E-state index contributed by atoms with van der Waals surface area (Å²) in [5.41, 5.74) is 0. The van der Waals surface area contributed by atoms with Gasteiger partial charge >= 0.3 is 0 Å². The van der Waals surface area contributed by atoms with Gasteiger partial charge in [0, 0.05) is 12.6 Å². The van der Waals surface area contributed by atoms with Crippen molar-refractivity contribution in [3.05, 3.63) is 0 Å². The molecule has 0 bridgehead atoms. The first-order valence-corrected chi connectivity index (χ1v) is 9.16. The first-order valence-electron chi connectivity index (χ1n) is 9.16. The smallest absolute Gasteiger partial charge is 0.0107 e. The number of nitrogens with one attached hydrogen (secondary N) is 1. The van der Waals surface area contributed by atoms with E-state index in [1.165, 1.54) is 64.6 Å². The van der Waals surface area contributed by atoms with Crippen LogP contribution in [0.2, 0.25) is 0 Å². The van der Waals surface area contributed by atoms with Gasteiger partial charge in [-0.2, -0.15) is 0 Å². The van der Waals surface area contributed by atoms with Crippen LogP contribution in [0.3, 0.4) is 0 Å². The van der Waals surface area contributed by atoms with Crippen LogP contribution in [0.25, 0.3) is 0 Å². The Balaban J connectivity index is 1.81. The van der Waals surface area contributed by atoms with Crippen LogP contribution in [0.5, 0.6) is 0 Å². The van der Waals surface area contributed by atoms with Crippen LogP contribution in [-0.2, 0) is 0 Å². The van der Waals surface area contributed by atoms with E-state index in [1.807, 2.05) is 0 Å². The van der Waals surface area contributed by atoms with Gasteiger partial charge in [0.1, 0.15) is 0 Å². The van der Waals surface area contributed by atoms with E-state index in [9.17, 15) is 0 Å². The summed E-state index contributed by atoms with van der Waals surface area (Å²) in [4.78, 5) is 2.76. The van der Waals surface area contributed by atoms with Crippen LogP contribution in [-0.4, -0.2) is 37.1 Å². The molecule has 2 aliphatic rings. The lowest BCUT2D eigenvalue weighted by Gasteiger charge is -2.37. The average Bonchev–Trinajstić information content (AvgIpc) is 2.66. The highest BCUT2D eigenvalue weighted by atomic mass is 15.1. The summed E-state index contributed by atoms with van der Waals surface area (Å²) in [5, 5.41) is 3.76. The maximum atomic E-state index is 3.76. The predicted octanol–water partition coefficient (Wildman–Crippen LogP) is 3.91. The summed E-state index contributed by atoms with van der Waals surface area (Å²) in [6.45, 7) is 12.2. The zero-order valence-corrected chi connectivity index (χ0v) is 14.0. The summed E-state index contributed by atoms with van der Waals surface area (Å²) in [7, 11) is 0. The maximum Gasteiger partial charge on any atom is 0.0107 e. The molecule has 118 valence electrons. The average molecular weight is 281 g/mol. The van der Waals surface area contributed by atoms with Gasteiger partial charge in [-0.1, -0.05) is 40.0 Å². The molecule has 0 radical (unpaired) electrons. The van der Waals surface area contributed by atoms with E-state index in [-0.39, 0.29) is 0 Å². The molecule has 1 saturated heterocycles. The van der Waals surface area contributed by atoms with Gasteiger partial charge in [0.2, 0.25) is 0 Å². The third-order valence-corrected chi connectivity index (χ3v) is 5.69. The molecule has 2 rings (SSSR count). The van der Waals surface area contributed by atoms with Crippen molar-refractivity contribution in [1.82, 2.24) is 10.2 Å². The van der Waals surface area contributed by atoms with Crippen molar-refractivity contribution < 1.29 is 0 Å². The molecule has 2 nitrogen and oxygen atoms in total. The predicted molar refractivity (Wildman–Crippen MR) is 88.0 cm³/mol. The van der Waals surface area contributed by atoms with E-state index in [0.29, 0.717) is 0 Å². The topological polar surface area (TPSA) is 15.3 Å². The molecule has 0 aromatic carbocycles. The summed E-state index contributed by atoms with van der Waals surface area (Å²) >= 11 is 0. The molecule has 2 fully saturated rings. The van der Waals surface area contributed by atoms with Crippen LogP contribution in [0.4, 0.5) is 0 Å². The Kier molecular flexibility index (Phi) is 6.83. The van der Waals surface area contributed by atoms with Crippen LogP contribution in [0, 0.1) is 17.8 Å². The van der Waals surface area contributed by atoms with E-state index >= 15 is 0 Å². The molecule has 0 amide bonds. The van der Waals surface area contributed by atoms with Gasteiger partial charge in [0.05, 0.1) is 0 Å². The fourth-order valence-corrected chi connectivity index (χ4v) is 4.27. The molecule has 0 aromatic heterocycles. The highest BCUT2D eigenvalue weighted by Gasteiger charge is 2.27. The third kappa shape index (κ3) is 4.73. The Morgan fingerprint density at radius 2 is 1.70 bits per heavy atom. The van der Waals surface area contributed by atoms with Crippen LogP contribution >= 0.6 is 0 Å². The Bertz CT molecular complexity index is 256. The number of likely N-dealkylation sites (tertiary alicyclic amines) is 1. The van der Waals surface area contributed by atoms with E-state index in [0.717, 1.165) is 30.3 Å². The van der Waals surface area contributed by atoms with Crippen molar-refractivity contribution in [1.29, 1.82) is 0 Å². The SMILES string of the molecule is CCNC1CCCCCC1CN1CCC(C(C)C)CC1. The van der Waals surface area contributed by atoms with E-state index in [4.69, 9.17) is 0 Å². The Labute approximate surface area is 126 Å². The molecular weight excluding hydrogens is 244 g/mol. The van der Waals surface area contributed by atoms with Crippen LogP contribution in [0.1, 0.15) is 65.7 Å². The molecule has 0 spiro atoms. The first-order chi connectivity index (χ1) is 9.70. The monoisotopic (exact) mass is 280 g/mol. The van der Waals surface area contributed by atoms with E-state index in [1.54, 1.807) is 0 Å². The number of hydrogen-bond acceptors (Lipinski definition) is 2. The Hall–Kier alpha value is -0.0800. The minimum Gasteiger partial charge on any atom is -0.314 e. The van der Waals surface area contributed by atoms with Gasteiger partial charge in [-0.25, -0.2) is 0 Å². The quantitative estimate of drug-likeness (QED) is 0.768. The molecule has 2 heteroatoms. The second-order valence-corrected chi connectivity index (χ2v) is 7.44. The van der Waals surface area contributed by atoms with E-state index in [2.05, 4.69) is 31.0 Å². The van der Waals surface area contributed by atoms with Gasteiger partial charge in [0.25, 0.3) is 0 Å². The molecule has 2 atom stereocenters. The first kappa shape index (κ1) is 16.3. The fourth-order valence-electron chi connectivity index (χ4n) is 4.27. The van der Waals surface area contributed by atoms with Crippen LogP contribution in [0.15, 0.2) is 0 Å². The van der Waals surface area contributed by atoms with Crippen molar-refractivity contribution in [2.75, 3.05) is 26.2 Å². The van der Waals surface area contributed by atoms with Gasteiger partial charge in [-0.15, -0.1) is 0 Å². The van der Waals surface area contributed by atoms with Crippen molar-refractivity contribution in [3.63, 3.8) is 0 Å². The normalized spacial score (nSPS) is 30.6. The van der Waals surface area contributed by atoms with Gasteiger partial charge in [-0.05, 0) is 63.1 Å². The lowest BCUT2D eigenvalue weighted by molar-refractivity contribution is 0.126. The van der Waals surface area contributed by atoms with Gasteiger partial charge in [0.15, 0.2) is 0 Å². The summed E-state index contributed by atoms with van der Waals surface area (Å²) < 4.78 is 0. The van der Waals surface area contributed by atoms with Crippen molar-refractivity contribution in [2.45, 2.75) is 71.8 Å². The maximum absolute atomic E-state index is 3.76. The summed E-state index contributed by atoms with van der Waals surface area (Å²) in [6.07, 6.45) is 10.0. The minimum absolute atomic E-state index is 0.783. The lowest BCUT2D eigenvalue weighted by Crippen LogP contribution is -2.44. The highest BCUT2D eigenvalue weighted by Crippen LogP contribution is 2.28. The summed E-state index contributed by atoms with van der Waals surface area (Å²) in [6, 6.07) is 0.783. The molecule has 0 aromatic rings. The highest BCUT2D eigenvalue weighted by molar-refractivity contribution is 4.83. The molecule has 1 heterocycles. The van der Waals surface area contributed by atoms with Crippen molar-refractivity contribution in [2.24, 2.45) is 17.8 Å². The van der Waals surface area contributed by atoms with Crippen molar-refractivity contribution in [3.8, 4) is 0 Å². The molecular formula is C18H36N2. The molecule has 1 saturated carbocycles. The zero-order chi connectivity index (χ0) is 14.4. The lowest BCUT2D eigenvalue weighted by atomic mass is 9.86. The molecule has 1 aliphatic carbocycles. The number of piperidine rings is 1. The number of nitrogens with zero attached hydrogens (tertiary/aromatic N) is 1. The minimum atomic E-state index is 0.783. The third-order valence-electron chi connectivity index (χ3n) is 5.69. The fraction of sp³-hybridized carbons (Fsp3) is 1.00. The summed E-state index contributed by atoms with van der Waals surface area (Å²) in [5.74, 6) is 2.75. The Morgan fingerprint density at radius 3 is 2.35 bits per heavy atom. The molecule has 2 unspecified atom stereocenters. The molecule has 1 N–H and O–H groups in total. The number of rotatable bonds is 5. The van der Waals surface area contributed by atoms with Gasteiger partial charge < -0.3 is 10.2 Å². The second-order valence-electron chi connectivity index (χ2n) is 7.44. The van der Waals surface area contributed by atoms with Crippen molar-refractivity contribution >= 4 is 0 Å². The zero-order valence-electron chi connectivity index (χ0n) is 14.0. The van der Waals surface area contributed by atoms with E-state index < -0.39 is 0 Å². The Morgan fingerprint density at radius 1 is 1.00 bits per heavy atom. The molecule has 1 aliphatic heterocycles. The largest absolute Gasteiger partial charge is 0.314 e. The molecule has 20 heavy (non-hydrogen) atoms. The standard InChI is InChI=1S/C18H36N2/c1-4-19-18-9-7-5-6-8-17(18)14-20-12-10-16(11-13-20)15(2)3/h15-19H,4-14H2,1-3H3. The second kappa shape index (κ2) is 8.38. The van der Waals surface area contributed by atoms with Crippen LogP contribution < -0.4 is 5.32 Å². The van der Waals surface area contributed by atoms with Gasteiger partial charge in [-0.3, -0.25) is 0 Å². The number of hydrogen-bond donors (Lipinski definition) is 1.